The quantitative estimate of drug-likeness (QED) is 0.481. The van der Waals surface area contributed by atoms with Crippen LogP contribution in [0, 0.1) is 5.92 Å². The van der Waals surface area contributed by atoms with Gasteiger partial charge in [-0.3, -0.25) is 14.6 Å². The van der Waals surface area contributed by atoms with Crippen molar-refractivity contribution in [1.82, 2.24) is 15.2 Å². The van der Waals surface area contributed by atoms with Gasteiger partial charge >= 0.3 is 5.97 Å². The number of carboxylic acids is 1. The van der Waals surface area contributed by atoms with Gasteiger partial charge in [-0.05, 0) is 17.0 Å². The zero-order valence-corrected chi connectivity index (χ0v) is 17.3. The van der Waals surface area contributed by atoms with Crippen molar-refractivity contribution in [3.63, 3.8) is 0 Å². The first-order valence-corrected chi connectivity index (χ1v) is 10.2. The highest BCUT2D eigenvalue weighted by atomic mass is 16.6. The van der Waals surface area contributed by atoms with Crippen LogP contribution in [0.4, 0.5) is 0 Å². The maximum absolute atomic E-state index is 10.8. The van der Waals surface area contributed by atoms with Gasteiger partial charge in [0.1, 0.15) is 6.10 Å². The second-order valence-corrected chi connectivity index (χ2v) is 8.08. The second-order valence-electron chi connectivity index (χ2n) is 8.08. The Kier molecular flexibility index (Phi) is 7.60. The van der Waals surface area contributed by atoms with Crippen LogP contribution in [0.5, 0.6) is 0 Å². The molecule has 1 aromatic carbocycles. The van der Waals surface area contributed by atoms with Crippen molar-refractivity contribution in [3.05, 3.63) is 35.4 Å². The zero-order valence-electron chi connectivity index (χ0n) is 17.3. The van der Waals surface area contributed by atoms with E-state index >= 15 is 0 Å². The van der Waals surface area contributed by atoms with E-state index in [9.17, 15) is 4.79 Å². The smallest absolute Gasteiger partial charge is 0.317 e. The number of carboxylic acid groups (broad SMARTS) is 1. The summed E-state index contributed by atoms with van der Waals surface area (Å²) in [4.78, 5) is 20.8. The average molecular weight is 402 g/mol. The first kappa shape index (κ1) is 21.3. The third-order valence-electron chi connectivity index (χ3n) is 5.07. The van der Waals surface area contributed by atoms with Crippen molar-refractivity contribution in [2.45, 2.75) is 26.4 Å². The lowest BCUT2D eigenvalue weighted by Gasteiger charge is -2.34. The van der Waals surface area contributed by atoms with Crippen molar-refractivity contribution in [3.8, 4) is 0 Å². The van der Waals surface area contributed by atoms with Gasteiger partial charge in [-0.2, -0.15) is 5.10 Å². The number of nitrogens with one attached hydrogen (secondary N) is 1. The predicted molar refractivity (Wildman–Crippen MR) is 113 cm³/mol. The fraction of sp³-hybridized carbons (Fsp3) is 0.571. The van der Waals surface area contributed by atoms with Crippen molar-refractivity contribution < 1.29 is 14.7 Å². The molecule has 1 aromatic rings. The van der Waals surface area contributed by atoms with Crippen molar-refractivity contribution >= 4 is 17.9 Å². The molecule has 1 fully saturated rings. The van der Waals surface area contributed by atoms with E-state index in [0.717, 1.165) is 62.5 Å². The molecule has 2 aliphatic rings. The number of hydrogen-bond acceptors (Lipinski definition) is 7. The van der Waals surface area contributed by atoms with Gasteiger partial charge in [0.05, 0.1) is 18.5 Å². The summed E-state index contributed by atoms with van der Waals surface area (Å²) in [5.74, 6) is -0.198. The number of nitrogens with zero attached hydrogens (tertiary/aromatic N) is 4. The monoisotopic (exact) mass is 401 g/mol. The lowest BCUT2D eigenvalue weighted by Crippen LogP contribution is -2.49. The summed E-state index contributed by atoms with van der Waals surface area (Å²) in [5, 5.41) is 17.4. The Hall–Kier alpha value is -2.45. The number of piperazine rings is 1. The van der Waals surface area contributed by atoms with Crippen LogP contribution < -0.4 is 5.43 Å². The Morgan fingerprint density at radius 2 is 1.97 bits per heavy atom. The zero-order chi connectivity index (χ0) is 20.6. The Bertz CT molecular complexity index is 724. The van der Waals surface area contributed by atoms with E-state index in [0.29, 0.717) is 5.92 Å². The predicted octanol–water partition coefficient (Wildman–Crippen LogP) is 1.46. The topological polar surface area (TPSA) is 89.8 Å². The minimum Gasteiger partial charge on any atom is -0.480 e. The normalized spacial score (nSPS) is 20.8. The third kappa shape index (κ3) is 6.83. The Morgan fingerprint density at radius 1 is 1.28 bits per heavy atom. The van der Waals surface area contributed by atoms with Gasteiger partial charge in [0.2, 0.25) is 0 Å². The number of oxime groups is 1. The van der Waals surface area contributed by atoms with E-state index in [1.54, 1.807) is 0 Å². The summed E-state index contributed by atoms with van der Waals surface area (Å²) in [6, 6.07) is 8.18. The largest absolute Gasteiger partial charge is 0.480 e. The maximum atomic E-state index is 10.8. The number of hydrazone groups is 1. The Balaban J connectivity index is 1.42. The minimum atomic E-state index is -0.764. The van der Waals surface area contributed by atoms with E-state index < -0.39 is 5.97 Å². The first-order valence-electron chi connectivity index (χ1n) is 10.2. The summed E-state index contributed by atoms with van der Waals surface area (Å²) in [6.07, 6.45) is 2.67. The van der Waals surface area contributed by atoms with E-state index in [-0.39, 0.29) is 12.6 Å². The lowest BCUT2D eigenvalue weighted by molar-refractivity contribution is -0.138. The highest BCUT2D eigenvalue weighted by Crippen LogP contribution is 2.18. The second kappa shape index (κ2) is 10.4. The van der Waals surface area contributed by atoms with E-state index in [1.165, 1.54) is 0 Å². The number of aliphatic carboxylic acids is 1. The van der Waals surface area contributed by atoms with Crippen LogP contribution in [-0.2, 0) is 9.63 Å². The summed E-state index contributed by atoms with van der Waals surface area (Å²) >= 11 is 0. The van der Waals surface area contributed by atoms with Crippen LogP contribution in [0.15, 0.2) is 34.5 Å². The van der Waals surface area contributed by atoms with Gasteiger partial charge in [0.15, 0.2) is 0 Å². The number of hydrogen-bond donors (Lipinski definition) is 2. The molecule has 2 aliphatic heterocycles. The van der Waals surface area contributed by atoms with Crippen LogP contribution in [0.3, 0.4) is 0 Å². The molecule has 0 spiro atoms. The fourth-order valence-electron chi connectivity index (χ4n) is 3.42. The molecule has 0 bridgehead atoms. The fourth-order valence-corrected chi connectivity index (χ4v) is 3.42. The standard InChI is InChI=1S/C21H31N5O3/c1-16(2)12-22-23-13-17-3-5-18(6-4-17)20-11-19(29-24-20)14-25-7-9-26(10-8-25)15-21(27)28/h3-6,13,16,19,22H,7-12,14-15H2,1-2H3,(H,27,28). The Morgan fingerprint density at radius 3 is 2.62 bits per heavy atom. The molecule has 2 heterocycles. The molecule has 8 heteroatoms. The van der Waals surface area contributed by atoms with Gasteiger partial charge in [0, 0.05) is 45.7 Å². The molecule has 3 rings (SSSR count). The first-order chi connectivity index (χ1) is 14.0. The molecule has 0 saturated carbocycles. The van der Waals surface area contributed by atoms with Crippen LogP contribution in [0.25, 0.3) is 0 Å². The molecule has 29 heavy (non-hydrogen) atoms. The van der Waals surface area contributed by atoms with Crippen LogP contribution >= 0.6 is 0 Å². The molecular formula is C21H31N5O3. The van der Waals surface area contributed by atoms with Crippen LogP contribution in [-0.4, -0.2) is 84.7 Å². The minimum absolute atomic E-state index is 0.0532. The molecule has 0 amide bonds. The van der Waals surface area contributed by atoms with E-state index in [2.05, 4.69) is 46.6 Å². The summed E-state index contributed by atoms with van der Waals surface area (Å²) in [5.41, 5.74) is 6.14. The van der Waals surface area contributed by atoms with Gasteiger partial charge < -0.3 is 15.4 Å². The number of benzene rings is 1. The van der Waals surface area contributed by atoms with Gasteiger partial charge in [-0.25, -0.2) is 0 Å². The van der Waals surface area contributed by atoms with Gasteiger partial charge in [-0.15, -0.1) is 0 Å². The molecule has 1 atom stereocenters. The molecule has 158 valence electrons. The van der Waals surface area contributed by atoms with E-state index in [4.69, 9.17) is 9.94 Å². The lowest BCUT2D eigenvalue weighted by atomic mass is 10.0. The molecule has 0 aliphatic carbocycles. The van der Waals surface area contributed by atoms with Gasteiger partial charge in [0.25, 0.3) is 0 Å². The summed E-state index contributed by atoms with van der Waals surface area (Å²) in [7, 11) is 0. The summed E-state index contributed by atoms with van der Waals surface area (Å²) < 4.78 is 0. The molecule has 8 nitrogen and oxygen atoms in total. The summed E-state index contributed by atoms with van der Waals surface area (Å²) in [6.45, 7) is 9.38. The van der Waals surface area contributed by atoms with Crippen molar-refractivity contribution in [2.75, 3.05) is 45.8 Å². The Labute approximate surface area is 172 Å². The van der Waals surface area contributed by atoms with Gasteiger partial charge in [-0.1, -0.05) is 43.3 Å². The van der Waals surface area contributed by atoms with Crippen molar-refractivity contribution in [1.29, 1.82) is 0 Å². The molecule has 1 unspecified atom stereocenters. The molecular weight excluding hydrogens is 370 g/mol. The molecule has 1 saturated heterocycles. The average Bonchev–Trinajstić information content (AvgIpc) is 3.15. The molecule has 2 N–H and O–H groups in total. The SMILES string of the molecule is CC(C)CNN=Cc1ccc(C2=NOC(CN3CCN(CC(=O)O)CC3)C2)cc1. The van der Waals surface area contributed by atoms with Crippen LogP contribution in [0.2, 0.25) is 0 Å². The number of rotatable bonds is 9. The highest BCUT2D eigenvalue weighted by molar-refractivity contribution is 6.01. The third-order valence-corrected chi connectivity index (χ3v) is 5.07. The highest BCUT2D eigenvalue weighted by Gasteiger charge is 2.26. The molecule has 0 radical (unpaired) electrons. The van der Waals surface area contributed by atoms with Crippen molar-refractivity contribution in [2.24, 2.45) is 16.2 Å². The van der Waals surface area contributed by atoms with Crippen LogP contribution in [0.1, 0.15) is 31.4 Å². The number of carbonyl (C=O) groups is 1. The maximum Gasteiger partial charge on any atom is 0.317 e. The van der Waals surface area contributed by atoms with E-state index in [1.807, 2.05) is 23.2 Å². The molecule has 0 aromatic heterocycles.